The lowest BCUT2D eigenvalue weighted by molar-refractivity contribution is 0.722. The number of hydrogen-bond acceptors (Lipinski definition) is 3. The summed E-state index contributed by atoms with van der Waals surface area (Å²) in [6, 6.07) is 18.0. The number of H-pyrrole nitrogens is 1. The molecule has 0 saturated carbocycles. The topological polar surface area (TPSA) is 63.0 Å². The van der Waals surface area contributed by atoms with E-state index >= 15 is 0 Å². The first-order valence-electron chi connectivity index (χ1n) is 10.5. The number of nitrogens with one attached hydrogen (secondary N) is 1. The molecule has 2 aromatic carbocycles. The fraction of sp³-hybridized carbons (Fsp3) is 0.240. The Hall–Kier alpha value is -3.47. The number of unbranched alkanes of at least 4 members (excludes halogenated alkanes) is 2. The highest BCUT2D eigenvalue weighted by molar-refractivity contribution is 6.04. The van der Waals surface area contributed by atoms with Crippen LogP contribution in [0.3, 0.4) is 0 Å². The van der Waals surface area contributed by atoms with Crippen LogP contribution >= 0.6 is 0 Å². The zero-order valence-electron chi connectivity index (χ0n) is 17.4. The van der Waals surface area contributed by atoms with Gasteiger partial charge in [-0.3, -0.25) is 4.79 Å². The van der Waals surface area contributed by atoms with Gasteiger partial charge in [-0.2, -0.15) is 9.78 Å². The number of hydrogen-bond donors (Lipinski definition) is 1. The van der Waals surface area contributed by atoms with Crippen LogP contribution in [-0.2, 0) is 0 Å². The van der Waals surface area contributed by atoms with Gasteiger partial charge in [0.05, 0.1) is 6.21 Å². The summed E-state index contributed by atoms with van der Waals surface area (Å²) < 4.78 is 1.39. The molecule has 0 saturated heterocycles. The van der Waals surface area contributed by atoms with Gasteiger partial charge in [0.15, 0.2) is 0 Å². The second kappa shape index (κ2) is 8.91. The maximum atomic E-state index is 13.1. The number of fused-ring (bicyclic) bond motifs is 3. The van der Waals surface area contributed by atoms with Gasteiger partial charge in [0.25, 0.3) is 5.56 Å². The molecule has 0 aliphatic heterocycles. The SMILES string of the molecule is CCCCCC(/C=N\n1c(C)nc2c([nH]c3ccccc32)c1=O)=C\c1ccccc1. The summed E-state index contributed by atoms with van der Waals surface area (Å²) in [4.78, 5) is 21.0. The number of aromatic nitrogens is 3. The third-order valence-corrected chi connectivity index (χ3v) is 5.22. The lowest BCUT2D eigenvalue weighted by Gasteiger charge is -2.05. The summed E-state index contributed by atoms with van der Waals surface area (Å²) in [6.45, 7) is 4.01. The molecule has 0 unspecified atom stereocenters. The predicted octanol–water partition coefficient (Wildman–Crippen LogP) is 5.68. The molecule has 30 heavy (non-hydrogen) atoms. The molecule has 0 bridgehead atoms. The minimum atomic E-state index is -0.183. The van der Waals surface area contributed by atoms with Crippen LogP contribution in [0.5, 0.6) is 0 Å². The molecular weight excluding hydrogens is 372 g/mol. The smallest absolute Gasteiger partial charge is 0.298 e. The average Bonchev–Trinajstić information content (AvgIpc) is 3.13. The molecule has 0 spiro atoms. The van der Waals surface area contributed by atoms with E-state index in [4.69, 9.17) is 0 Å². The Morgan fingerprint density at radius 3 is 2.67 bits per heavy atom. The summed E-state index contributed by atoms with van der Waals surface area (Å²) >= 11 is 0. The molecular formula is C25H26N4O. The number of aryl methyl sites for hydroxylation is 1. The molecule has 152 valence electrons. The van der Waals surface area contributed by atoms with Gasteiger partial charge in [0.1, 0.15) is 16.9 Å². The van der Waals surface area contributed by atoms with E-state index in [0.717, 1.165) is 41.3 Å². The first kappa shape index (κ1) is 19.8. The third kappa shape index (κ3) is 4.10. The number of rotatable bonds is 7. The van der Waals surface area contributed by atoms with Gasteiger partial charge >= 0.3 is 0 Å². The summed E-state index contributed by atoms with van der Waals surface area (Å²) in [6.07, 6.45) is 8.27. The molecule has 5 nitrogen and oxygen atoms in total. The molecule has 4 rings (SSSR count). The molecule has 5 heteroatoms. The molecule has 0 aliphatic carbocycles. The molecule has 0 fully saturated rings. The van der Waals surface area contributed by atoms with Crippen molar-refractivity contribution < 1.29 is 0 Å². The Labute approximate surface area is 175 Å². The molecule has 4 aromatic rings. The normalized spacial score (nSPS) is 12.4. The van der Waals surface area contributed by atoms with Gasteiger partial charge in [-0.05, 0) is 37.0 Å². The van der Waals surface area contributed by atoms with Crippen LogP contribution in [0, 0.1) is 6.92 Å². The van der Waals surface area contributed by atoms with Crippen LogP contribution in [0.25, 0.3) is 28.0 Å². The Kier molecular flexibility index (Phi) is 5.89. The lowest BCUT2D eigenvalue weighted by atomic mass is 10.1. The number of allylic oxidation sites excluding steroid dienone is 1. The molecule has 2 heterocycles. The van der Waals surface area contributed by atoms with Gasteiger partial charge in [-0.1, -0.05) is 74.4 Å². The maximum Gasteiger partial charge on any atom is 0.298 e. The zero-order valence-corrected chi connectivity index (χ0v) is 17.4. The third-order valence-electron chi connectivity index (χ3n) is 5.22. The Morgan fingerprint density at radius 1 is 1.10 bits per heavy atom. The summed E-state index contributed by atoms with van der Waals surface area (Å²) in [7, 11) is 0. The van der Waals surface area contributed by atoms with E-state index in [9.17, 15) is 4.79 Å². The second-order valence-electron chi connectivity index (χ2n) is 7.50. The summed E-state index contributed by atoms with van der Waals surface area (Å²) in [5, 5.41) is 5.48. The Morgan fingerprint density at radius 2 is 1.87 bits per heavy atom. The van der Waals surface area contributed by atoms with E-state index < -0.39 is 0 Å². The largest absolute Gasteiger partial charge is 0.349 e. The Bertz CT molecular complexity index is 1280. The fourth-order valence-electron chi connectivity index (χ4n) is 3.64. The first-order valence-corrected chi connectivity index (χ1v) is 10.5. The predicted molar refractivity (Wildman–Crippen MR) is 125 cm³/mol. The van der Waals surface area contributed by atoms with Crippen molar-refractivity contribution in [2.75, 3.05) is 0 Å². The first-order chi connectivity index (χ1) is 14.7. The van der Waals surface area contributed by atoms with Crippen LogP contribution in [0.4, 0.5) is 0 Å². The molecule has 0 atom stereocenters. The minimum absolute atomic E-state index is 0.183. The van der Waals surface area contributed by atoms with Crippen LogP contribution < -0.4 is 5.56 Å². The van der Waals surface area contributed by atoms with Crippen molar-refractivity contribution in [3.8, 4) is 0 Å². The van der Waals surface area contributed by atoms with E-state index in [1.807, 2.05) is 49.4 Å². The van der Waals surface area contributed by atoms with Gasteiger partial charge < -0.3 is 4.98 Å². The highest BCUT2D eigenvalue weighted by atomic mass is 16.1. The second-order valence-corrected chi connectivity index (χ2v) is 7.50. The van der Waals surface area contributed by atoms with Crippen molar-refractivity contribution in [2.45, 2.75) is 39.5 Å². The van der Waals surface area contributed by atoms with Crippen molar-refractivity contribution in [2.24, 2.45) is 5.10 Å². The van der Waals surface area contributed by atoms with Gasteiger partial charge in [-0.25, -0.2) is 4.98 Å². The molecule has 0 amide bonds. The van der Waals surface area contributed by atoms with Gasteiger partial charge in [0.2, 0.25) is 0 Å². The van der Waals surface area contributed by atoms with E-state index in [1.165, 1.54) is 11.1 Å². The van der Waals surface area contributed by atoms with Crippen LogP contribution in [0.1, 0.15) is 44.0 Å². The molecule has 1 N–H and O–H groups in total. The van der Waals surface area contributed by atoms with Crippen molar-refractivity contribution in [3.63, 3.8) is 0 Å². The van der Waals surface area contributed by atoms with Crippen LogP contribution in [-0.4, -0.2) is 20.9 Å². The van der Waals surface area contributed by atoms with E-state index in [2.05, 4.69) is 40.2 Å². The molecule has 0 radical (unpaired) electrons. The van der Waals surface area contributed by atoms with Crippen molar-refractivity contribution in [3.05, 3.63) is 81.9 Å². The monoisotopic (exact) mass is 398 g/mol. The van der Waals surface area contributed by atoms with E-state index in [1.54, 1.807) is 6.21 Å². The summed E-state index contributed by atoms with van der Waals surface area (Å²) in [5.41, 5.74) is 4.13. The number of aromatic amines is 1. The van der Waals surface area contributed by atoms with Crippen molar-refractivity contribution in [1.29, 1.82) is 0 Å². The van der Waals surface area contributed by atoms with E-state index in [0.29, 0.717) is 16.9 Å². The van der Waals surface area contributed by atoms with Crippen LogP contribution in [0.15, 0.2) is 70.1 Å². The van der Waals surface area contributed by atoms with Crippen molar-refractivity contribution in [1.82, 2.24) is 14.6 Å². The van der Waals surface area contributed by atoms with Gasteiger partial charge in [-0.15, -0.1) is 0 Å². The fourth-order valence-corrected chi connectivity index (χ4v) is 3.64. The Balaban J connectivity index is 1.73. The van der Waals surface area contributed by atoms with Crippen molar-refractivity contribution >= 4 is 34.2 Å². The van der Waals surface area contributed by atoms with Crippen LogP contribution in [0.2, 0.25) is 0 Å². The molecule has 2 aromatic heterocycles. The average molecular weight is 399 g/mol. The number of para-hydroxylation sites is 1. The highest BCUT2D eigenvalue weighted by Gasteiger charge is 2.12. The lowest BCUT2D eigenvalue weighted by Crippen LogP contribution is -2.20. The number of nitrogens with zero attached hydrogens (tertiary/aromatic N) is 3. The standard InChI is InChI=1S/C25H26N4O/c1-3-4-6-13-20(16-19-11-7-5-8-12-19)17-26-29-18(2)27-23-21-14-9-10-15-22(21)28-24(23)25(29)30/h5,7-12,14-17,28H,3-4,6,13H2,1-2H3/b20-16+,26-17-. The number of benzene rings is 2. The summed E-state index contributed by atoms with van der Waals surface area (Å²) in [5.74, 6) is 0.570. The minimum Gasteiger partial charge on any atom is -0.349 e. The van der Waals surface area contributed by atoms with Gasteiger partial charge in [0, 0.05) is 10.9 Å². The zero-order chi connectivity index (χ0) is 20.9. The quantitative estimate of drug-likeness (QED) is 0.321. The van der Waals surface area contributed by atoms with E-state index in [-0.39, 0.29) is 5.56 Å². The molecule has 0 aliphatic rings. The highest BCUT2D eigenvalue weighted by Crippen LogP contribution is 2.21. The maximum absolute atomic E-state index is 13.1.